The number of pyridine rings is 1. The number of carbonyl (C=O) groups is 1. The number of nitriles is 1. The Morgan fingerprint density at radius 3 is 2.82 bits per heavy atom. The summed E-state index contributed by atoms with van der Waals surface area (Å²) in [7, 11) is 0. The fourth-order valence-corrected chi connectivity index (χ4v) is 3.94. The molecule has 1 fully saturated rings. The van der Waals surface area contributed by atoms with Crippen molar-refractivity contribution in [2.45, 2.75) is 32.2 Å². The molecule has 2 amide bonds. The number of halogens is 1. The van der Waals surface area contributed by atoms with Crippen LogP contribution in [-0.2, 0) is 6.54 Å². The summed E-state index contributed by atoms with van der Waals surface area (Å²) >= 11 is 0. The Bertz CT molecular complexity index is 1150. The molecular weight excluding hydrogens is 425 g/mol. The molecule has 0 spiro atoms. The van der Waals surface area contributed by atoms with Crippen molar-refractivity contribution >= 4 is 11.8 Å². The van der Waals surface area contributed by atoms with Crippen molar-refractivity contribution in [3.8, 4) is 11.9 Å². The van der Waals surface area contributed by atoms with E-state index in [1.165, 1.54) is 6.33 Å². The molecule has 1 saturated heterocycles. The molecule has 11 heteroatoms. The maximum Gasteiger partial charge on any atom is 0.320 e. The largest absolute Gasteiger partial charge is 0.338 e. The van der Waals surface area contributed by atoms with Crippen LogP contribution >= 0.6 is 0 Å². The lowest BCUT2D eigenvalue weighted by molar-refractivity contribution is 0.199. The first-order valence-corrected chi connectivity index (χ1v) is 10.8. The number of amides is 2. The molecule has 0 atom stereocenters. The van der Waals surface area contributed by atoms with Gasteiger partial charge in [-0.05, 0) is 56.5 Å². The average Bonchev–Trinajstić information content (AvgIpc) is 3.37. The minimum absolute atomic E-state index is 0.136. The number of piperidine rings is 1. The van der Waals surface area contributed by atoms with E-state index in [2.05, 4.69) is 41.7 Å². The minimum Gasteiger partial charge on any atom is -0.338 e. The molecule has 4 heterocycles. The Morgan fingerprint density at radius 1 is 1.30 bits per heavy atom. The monoisotopic (exact) mass is 449 g/mol. The summed E-state index contributed by atoms with van der Waals surface area (Å²) in [6.07, 6.45) is 6.32. The van der Waals surface area contributed by atoms with Gasteiger partial charge in [0.05, 0.1) is 5.69 Å². The Balaban J connectivity index is 1.40. The summed E-state index contributed by atoms with van der Waals surface area (Å²) < 4.78 is 16.4. The van der Waals surface area contributed by atoms with Crippen molar-refractivity contribution in [3.63, 3.8) is 0 Å². The van der Waals surface area contributed by atoms with E-state index in [1.54, 1.807) is 30.1 Å². The molecule has 33 heavy (non-hydrogen) atoms. The van der Waals surface area contributed by atoms with Crippen LogP contribution in [0.3, 0.4) is 0 Å². The van der Waals surface area contributed by atoms with Crippen LogP contribution in [0.5, 0.6) is 0 Å². The molecular formula is C22H24FN9O. The molecule has 0 aliphatic carbocycles. The lowest BCUT2D eigenvalue weighted by Crippen LogP contribution is -2.34. The highest BCUT2D eigenvalue weighted by Crippen LogP contribution is 2.31. The number of carbonyl (C=O) groups excluding carboxylic acids is 1. The van der Waals surface area contributed by atoms with Gasteiger partial charge in [-0.3, -0.25) is 10.2 Å². The molecule has 0 unspecified atom stereocenters. The maximum absolute atomic E-state index is 14.8. The van der Waals surface area contributed by atoms with E-state index in [9.17, 15) is 14.4 Å². The van der Waals surface area contributed by atoms with Gasteiger partial charge in [0.2, 0.25) is 0 Å². The fourth-order valence-electron chi connectivity index (χ4n) is 3.94. The van der Waals surface area contributed by atoms with Gasteiger partial charge in [0, 0.05) is 25.5 Å². The van der Waals surface area contributed by atoms with E-state index < -0.39 is 11.8 Å². The summed E-state index contributed by atoms with van der Waals surface area (Å²) in [4.78, 5) is 26.2. The van der Waals surface area contributed by atoms with Gasteiger partial charge in [0.25, 0.3) is 0 Å². The average molecular weight is 449 g/mol. The summed E-state index contributed by atoms with van der Waals surface area (Å²) in [6.45, 7) is 3.95. The Hall–Kier alpha value is -3.91. The van der Waals surface area contributed by atoms with Crippen LogP contribution < -0.4 is 10.6 Å². The normalized spacial score (nSPS) is 14.6. The van der Waals surface area contributed by atoms with Crippen molar-refractivity contribution < 1.29 is 9.18 Å². The van der Waals surface area contributed by atoms with Crippen molar-refractivity contribution in [1.29, 1.82) is 5.26 Å². The van der Waals surface area contributed by atoms with E-state index >= 15 is 0 Å². The number of rotatable bonds is 6. The molecule has 3 aromatic rings. The zero-order valence-electron chi connectivity index (χ0n) is 18.2. The third-order valence-corrected chi connectivity index (χ3v) is 5.59. The van der Waals surface area contributed by atoms with Crippen LogP contribution in [0, 0.1) is 17.1 Å². The van der Waals surface area contributed by atoms with Crippen molar-refractivity contribution in [2.75, 3.05) is 25.0 Å². The van der Waals surface area contributed by atoms with Crippen molar-refractivity contribution in [3.05, 3.63) is 59.7 Å². The number of hydrogen-bond acceptors (Lipinski definition) is 7. The third-order valence-electron chi connectivity index (χ3n) is 5.59. The maximum atomic E-state index is 14.8. The van der Waals surface area contributed by atoms with Crippen LogP contribution in [-0.4, -0.2) is 55.3 Å². The molecule has 3 aromatic heterocycles. The van der Waals surface area contributed by atoms with E-state index in [0.29, 0.717) is 24.6 Å². The number of nitrogens with one attached hydrogen (secondary N) is 2. The second kappa shape index (κ2) is 10.1. The van der Waals surface area contributed by atoms with Crippen LogP contribution in [0.4, 0.5) is 15.0 Å². The van der Waals surface area contributed by atoms with E-state index in [0.717, 1.165) is 31.5 Å². The first kappa shape index (κ1) is 22.3. The Labute approximate surface area is 190 Å². The molecule has 0 bridgehead atoms. The highest BCUT2D eigenvalue weighted by Gasteiger charge is 2.25. The lowest BCUT2D eigenvalue weighted by atomic mass is 9.88. The van der Waals surface area contributed by atoms with Crippen LogP contribution in [0.2, 0.25) is 0 Å². The summed E-state index contributed by atoms with van der Waals surface area (Å²) in [5.41, 5.74) is 1.57. The van der Waals surface area contributed by atoms with Gasteiger partial charge in [0.15, 0.2) is 17.5 Å². The number of hydrogen-bond donors (Lipinski definition) is 2. The zero-order chi connectivity index (χ0) is 23.2. The van der Waals surface area contributed by atoms with Crippen molar-refractivity contribution in [2.24, 2.45) is 0 Å². The number of urea groups is 1. The van der Waals surface area contributed by atoms with E-state index in [1.807, 2.05) is 12.1 Å². The summed E-state index contributed by atoms with van der Waals surface area (Å²) in [6, 6.07) is 7.32. The first-order chi connectivity index (χ1) is 16.1. The molecule has 1 aliphatic heterocycles. The number of anilines is 1. The highest BCUT2D eigenvalue weighted by molar-refractivity contribution is 5.88. The highest BCUT2D eigenvalue weighted by atomic mass is 19.1. The lowest BCUT2D eigenvalue weighted by Gasteiger charge is -2.32. The van der Waals surface area contributed by atoms with Gasteiger partial charge in [-0.1, -0.05) is 6.07 Å². The molecule has 0 radical (unpaired) electrons. The fraction of sp³-hybridized carbons (Fsp3) is 0.364. The number of aromatic nitrogens is 5. The van der Waals surface area contributed by atoms with Gasteiger partial charge in [-0.25, -0.2) is 28.8 Å². The quantitative estimate of drug-likeness (QED) is 0.593. The summed E-state index contributed by atoms with van der Waals surface area (Å²) in [5, 5.41) is 18.7. The predicted molar refractivity (Wildman–Crippen MR) is 118 cm³/mol. The van der Waals surface area contributed by atoms with Gasteiger partial charge < -0.3 is 5.32 Å². The third kappa shape index (κ3) is 5.12. The molecule has 0 aromatic carbocycles. The minimum atomic E-state index is -0.629. The zero-order valence-corrected chi connectivity index (χ0v) is 18.2. The van der Waals surface area contributed by atoms with Crippen LogP contribution in [0.15, 0.2) is 36.9 Å². The first-order valence-electron chi connectivity index (χ1n) is 10.8. The van der Waals surface area contributed by atoms with Crippen LogP contribution in [0.1, 0.15) is 42.6 Å². The molecule has 2 N–H and O–H groups in total. The predicted octanol–water partition coefficient (Wildman–Crippen LogP) is 2.59. The second-order valence-corrected chi connectivity index (χ2v) is 7.69. The van der Waals surface area contributed by atoms with Gasteiger partial charge in [0.1, 0.15) is 18.1 Å². The number of nitrogens with zero attached hydrogens (tertiary/aromatic N) is 7. The Kier molecular flexibility index (Phi) is 6.85. The second-order valence-electron chi connectivity index (χ2n) is 7.69. The topological polar surface area (TPSA) is 125 Å². The van der Waals surface area contributed by atoms with Crippen molar-refractivity contribution in [1.82, 2.24) is 34.9 Å². The van der Waals surface area contributed by atoms with Gasteiger partial charge in [-0.2, -0.15) is 10.4 Å². The van der Waals surface area contributed by atoms with Crippen LogP contribution in [0.25, 0.3) is 5.82 Å². The molecule has 10 nitrogen and oxygen atoms in total. The molecule has 170 valence electrons. The SMILES string of the molecule is CCNC(=O)Nc1ncnc(CN2CCC(c3ccc(-n4cccn4)nc3C#N)CC2)c1F. The Morgan fingerprint density at radius 2 is 2.12 bits per heavy atom. The summed E-state index contributed by atoms with van der Waals surface area (Å²) in [5.74, 6) is 0.0354. The molecule has 1 aliphatic rings. The van der Waals surface area contributed by atoms with Gasteiger partial charge in [-0.15, -0.1) is 0 Å². The molecule has 0 saturated carbocycles. The number of likely N-dealkylation sites (tertiary alicyclic amines) is 1. The van der Waals surface area contributed by atoms with Gasteiger partial charge >= 0.3 is 6.03 Å². The molecule has 4 rings (SSSR count). The smallest absolute Gasteiger partial charge is 0.320 e. The van der Waals surface area contributed by atoms with E-state index in [4.69, 9.17) is 0 Å². The van der Waals surface area contributed by atoms with E-state index in [-0.39, 0.29) is 17.4 Å². The standard InChI is InChI=1S/C22H24FN9O/c1-2-25-22(33)30-21-20(23)18(26-14-27-21)13-31-10-6-15(7-11-31)16-4-5-19(29-17(16)12-24)32-9-3-8-28-32/h3-5,8-9,14-15H,2,6-7,10-11,13H2,1H3,(H2,25,26,27,30,33).